The number of hydrogen-bond donors (Lipinski definition) is 1. The van der Waals surface area contributed by atoms with Crippen LogP contribution in [0.3, 0.4) is 0 Å². The maximum atomic E-state index is 12.7. The minimum atomic E-state index is -0.473. The third-order valence-electron chi connectivity index (χ3n) is 1.68. The summed E-state index contributed by atoms with van der Waals surface area (Å²) in [7, 11) is 0. The number of thiazole rings is 1. The molecule has 2 aromatic rings. The van der Waals surface area contributed by atoms with Gasteiger partial charge in [-0.1, -0.05) is 0 Å². The van der Waals surface area contributed by atoms with Gasteiger partial charge in [-0.15, -0.1) is 11.3 Å². The van der Waals surface area contributed by atoms with Gasteiger partial charge in [-0.25, -0.2) is 4.98 Å². The van der Waals surface area contributed by atoms with Crippen LogP contribution in [0.15, 0.2) is 30.0 Å². The van der Waals surface area contributed by atoms with Gasteiger partial charge in [0.05, 0.1) is 12.1 Å². The topological polar surface area (TPSA) is 37.8 Å². The second kappa shape index (κ2) is 4.15. The lowest BCUT2D eigenvalue weighted by atomic mass is 10.4. The molecule has 0 radical (unpaired) electrons. The molecular weight excluding hydrogens is 201 g/mol. The van der Waals surface area contributed by atoms with Gasteiger partial charge in [-0.3, -0.25) is 4.98 Å². The molecule has 5 heteroatoms. The SMILES string of the molecule is Fc1cc(NCc2cncs2)ccn1. The minimum Gasteiger partial charge on any atom is -0.380 e. The average Bonchev–Trinajstić information content (AvgIpc) is 2.67. The first-order valence-corrected chi connectivity index (χ1v) is 4.95. The predicted molar refractivity (Wildman–Crippen MR) is 53.6 cm³/mol. The molecule has 0 aliphatic rings. The molecule has 1 N–H and O–H groups in total. The van der Waals surface area contributed by atoms with Gasteiger partial charge >= 0.3 is 0 Å². The van der Waals surface area contributed by atoms with E-state index >= 15 is 0 Å². The van der Waals surface area contributed by atoms with Crippen molar-refractivity contribution in [2.45, 2.75) is 6.54 Å². The second-order valence-corrected chi connectivity index (χ2v) is 3.66. The summed E-state index contributed by atoms with van der Waals surface area (Å²) >= 11 is 1.56. The smallest absolute Gasteiger partial charge is 0.214 e. The third-order valence-corrected chi connectivity index (χ3v) is 2.46. The van der Waals surface area contributed by atoms with E-state index in [1.165, 1.54) is 12.3 Å². The van der Waals surface area contributed by atoms with Gasteiger partial charge in [0.2, 0.25) is 5.95 Å². The van der Waals surface area contributed by atoms with Crippen LogP contribution in [0.4, 0.5) is 10.1 Å². The number of anilines is 1. The lowest BCUT2D eigenvalue weighted by Gasteiger charge is -2.03. The molecule has 0 saturated heterocycles. The molecule has 2 heterocycles. The van der Waals surface area contributed by atoms with E-state index in [9.17, 15) is 4.39 Å². The van der Waals surface area contributed by atoms with Gasteiger partial charge in [0.15, 0.2) is 0 Å². The average molecular weight is 209 g/mol. The third kappa shape index (κ3) is 2.26. The van der Waals surface area contributed by atoms with Crippen molar-refractivity contribution in [2.75, 3.05) is 5.32 Å². The highest BCUT2D eigenvalue weighted by molar-refractivity contribution is 7.09. The molecule has 0 aromatic carbocycles. The second-order valence-electron chi connectivity index (χ2n) is 2.69. The van der Waals surface area contributed by atoms with E-state index in [1.807, 2.05) is 0 Å². The fourth-order valence-corrected chi connectivity index (χ4v) is 1.57. The Hall–Kier alpha value is -1.49. The lowest BCUT2D eigenvalue weighted by molar-refractivity contribution is 0.584. The van der Waals surface area contributed by atoms with Gasteiger partial charge in [0, 0.05) is 29.0 Å². The van der Waals surface area contributed by atoms with E-state index in [1.54, 1.807) is 29.1 Å². The molecular formula is C9H8FN3S. The van der Waals surface area contributed by atoms with Crippen molar-refractivity contribution >= 4 is 17.0 Å². The maximum Gasteiger partial charge on any atom is 0.214 e. The molecule has 2 aromatic heterocycles. The van der Waals surface area contributed by atoms with Crippen LogP contribution in [0, 0.1) is 5.95 Å². The van der Waals surface area contributed by atoms with Crippen molar-refractivity contribution in [1.29, 1.82) is 0 Å². The highest BCUT2D eigenvalue weighted by Crippen LogP contribution is 2.11. The van der Waals surface area contributed by atoms with Gasteiger partial charge in [-0.05, 0) is 6.07 Å². The first-order valence-electron chi connectivity index (χ1n) is 4.07. The highest BCUT2D eigenvalue weighted by atomic mass is 32.1. The standard InChI is InChI=1S/C9H8FN3S/c10-9-3-7(1-2-12-9)13-5-8-4-11-6-14-8/h1-4,6H,5H2,(H,12,13). The molecule has 3 nitrogen and oxygen atoms in total. The van der Waals surface area contributed by atoms with Gasteiger partial charge < -0.3 is 5.32 Å². The van der Waals surface area contributed by atoms with Crippen molar-refractivity contribution in [1.82, 2.24) is 9.97 Å². The summed E-state index contributed by atoms with van der Waals surface area (Å²) in [5.74, 6) is -0.473. The Bertz CT molecular complexity index is 402. The van der Waals surface area contributed by atoms with Crippen LogP contribution >= 0.6 is 11.3 Å². The molecule has 2 rings (SSSR count). The number of rotatable bonds is 3. The number of nitrogens with one attached hydrogen (secondary N) is 1. The van der Waals surface area contributed by atoms with Crippen LogP contribution in [0.5, 0.6) is 0 Å². The fourth-order valence-electron chi connectivity index (χ4n) is 1.03. The van der Waals surface area contributed by atoms with Crippen LogP contribution < -0.4 is 5.32 Å². The lowest BCUT2D eigenvalue weighted by Crippen LogP contribution is -1.98. The summed E-state index contributed by atoms with van der Waals surface area (Å²) in [6.07, 6.45) is 3.22. The van der Waals surface area contributed by atoms with Crippen LogP contribution in [0.1, 0.15) is 4.88 Å². The zero-order valence-electron chi connectivity index (χ0n) is 7.27. The normalized spacial score (nSPS) is 10.1. The van der Waals surface area contributed by atoms with E-state index < -0.39 is 5.95 Å². The number of pyridine rings is 1. The first-order chi connectivity index (χ1) is 6.84. The van der Waals surface area contributed by atoms with E-state index in [0.717, 1.165) is 10.6 Å². The monoisotopic (exact) mass is 209 g/mol. The van der Waals surface area contributed by atoms with Gasteiger partial charge in [0.1, 0.15) is 0 Å². The van der Waals surface area contributed by atoms with Crippen LogP contribution in [-0.2, 0) is 6.54 Å². The Morgan fingerprint density at radius 2 is 2.43 bits per heavy atom. The number of nitrogens with zero attached hydrogens (tertiary/aromatic N) is 2. The molecule has 0 saturated carbocycles. The Balaban J connectivity index is 1.98. The Morgan fingerprint density at radius 1 is 1.50 bits per heavy atom. The summed E-state index contributed by atoms with van der Waals surface area (Å²) in [4.78, 5) is 8.53. The Morgan fingerprint density at radius 3 is 3.14 bits per heavy atom. The number of halogens is 1. The van der Waals surface area contributed by atoms with Crippen molar-refractivity contribution in [3.05, 3.63) is 40.9 Å². The molecule has 0 spiro atoms. The summed E-state index contributed by atoms with van der Waals surface area (Å²) in [6, 6.07) is 3.09. The highest BCUT2D eigenvalue weighted by Gasteiger charge is 1.97. The zero-order chi connectivity index (χ0) is 9.80. The number of hydrogen-bond acceptors (Lipinski definition) is 4. The fraction of sp³-hybridized carbons (Fsp3) is 0.111. The van der Waals surface area contributed by atoms with Crippen molar-refractivity contribution in [3.63, 3.8) is 0 Å². The zero-order valence-corrected chi connectivity index (χ0v) is 8.09. The van der Waals surface area contributed by atoms with Crippen molar-refractivity contribution < 1.29 is 4.39 Å². The van der Waals surface area contributed by atoms with E-state index in [-0.39, 0.29) is 0 Å². The van der Waals surface area contributed by atoms with E-state index in [0.29, 0.717) is 6.54 Å². The molecule has 0 amide bonds. The Kier molecular flexibility index (Phi) is 2.69. The molecule has 14 heavy (non-hydrogen) atoms. The van der Waals surface area contributed by atoms with Gasteiger partial charge in [0.25, 0.3) is 0 Å². The molecule has 72 valence electrons. The predicted octanol–water partition coefficient (Wildman–Crippen LogP) is 2.29. The summed E-state index contributed by atoms with van der Waals surface area (Å²) in [6.45, 7) is 0.661. The quantitative estimate of drug-likeness (QED) is 0.788. The van der Waals surface area contributed by atoms with Crippen molar-refractivity contribution in [2.24, 2.45) is 0 Å². The van der Waals surface area contributed by atoms with Crippen LogP contribution in [0.2, 0.25) is 0 Å². The largest absolute Gasteiger partial charge is 0.380 e. The molecule has 0 bridgehead atoms. The number of aromatic nitrogens is 2. The minimum absolute atomic E-state index is 0.473. The maximum absolute atomic E-state index is 12.7. The van der Waals surface area contributed by atoms with Crippen LogP contribution in [-0.4, -0.2) is 9.97 Å². The Labute approximate surface area is 84.6 Å². The summed E-state index contributed by atoms with van der Waals surface area (Å²) in [5.41, 5.74) is 2.50. The van der Waals surface area contributed by atoms with Gasteiger partial charge in [-0.2, -0.15) is 4.39 Å². The molecule has 0 aliphatic carbocycles. The molecule has 0 unspecified atom stereocenters. The first kappa shape index (κ1) is 9.08. The van der Waals surface area contributed by atoms with E-state index in [2.05, 4.69) is 15.3 Å². The molecule has 0 fully saturated rings. The van der Waals surface area contributed by atoms with E-state index in [4.69, 9.17) is 0 Å². The molecule has 0 aliphatic heterocycles. The summed E-state index contributed by atoms with van der Waals surface area (Å²) < 4.78 is 12.7. The van der Waals surface area contributed by atoms with Crippen molar-refractivity contribution in [3.8, 4) is 0 Å². The molecule has 0 atom stereocenters. The summed E-state index contributed by atoms with van der Waals surface area (Å²) in [5, 5.41) is 3.08. The van der Waals surface area contributed by atoms with Crippen LogP contribution in [0.25, 0.3) is 0 Å².